The Balaban J connectivity index is 1.95. The molecule has 0 unspecified atom stereocenters. The maximum atomic E-state index is 12.4. The van der Waals surface area contributed by atoms with Crippen molar-refractivity contribution in [3.63, 3.8) is 0 Å². The predicted octanol–water partition coefficient (Wildman–Crippen LogP) is 3.68. The van der Waals surface area contributed by atoms with E-state index in [1.807, 2.05) is 0 Å². The molecule has 0 amide bonds. The molecule has 242 valence electrons. The largest absolute Gasteiger partial charge is 0.497 e. The fourth-order valence-electron chi connectivity index (χ4n) is 3.88. The van der Waals surface area contributed by atoms with Crippen molar-refractivity contribution in [1.29, 1.82) is 0 Å². The highest BCUT2D eigenvalue weighted by atomic mass is 32.2. The molecule has 0 aliphatic carbocycles. The van der Waals surface area contributed by atoms with Crippen molar-refractivity contribution in [3.8, 4) is 17.2 Å². The molecule has 0 saturated carbocycles. The van der Waals surface area contributed by atoms with Gasteiger partial charge in [-0.15, -0.1) is 0 Å². The van der Waals surface area contributed by atoms with Crippen LogP contribution < -0.4 is 14.2 Å². The summed E-state index contributed by atoms with van der Waals surface area (Å²) in [5, 5.41) is 0. The summed E-state index contributed by atoms with van der Waals surface area (Å²) in [7, 11) is -3.39. The van der Waals surface area contributed by atoms with E-state index in [0.29, 0.717) is 28.4 Å². The van der Waals surface area contributed by atoms with Gasteiger partial charge >= 0.3 is 0 Å². The Morgan fingerprint density at radius 2 is 0.932 bits per heavy atom. The third-order valence-corrected chi connectivity index (χ3v) is 7.25. The first-order valence-electron chi connectivity index (χ1n) is 13.4. The van der Waals surface area contributed by atoms with Gasteiger partial charge in [0.2, 0.25) is 6.29 Å². The zero-order valence-electron chi connectivity index (χ0n) is 25.2. The first kappa shape index (κ1) is 35.2. The second-order valence-electron chi connectivity index (χ2n) is 9.64. The van der Waals surface area contributed by atoms with Crippen LogP contribution in [-0.4, -0.2) is 75.8 Å². The van der Waals surface area contributed by atoms with Crippen LogP contribution in [0.2, 0.25) is 0 Å². The minimum atomic E-state index is -4.10. The van der Waals surface area contributed by atoms with Gasteiger partial charge in [-0.2, -0.15) is 16.8 Å². The lowest BCUT2D eigenvalue weighted by Crippen LogP contribution is -2.47. The fraction of sp³-hybridized carbons (Fsp3) is 0.400. The van der Waals surface area contributed by atoms with Crippen molar-refractivity contribution in [3.05, 3.63) is 89.5 Å². The number of methoxy groups -OCH3 is 3. The summed E-state index contributed by atoms with van der Waals surface area (Å²) in [6, 6.07) is 21.0. The van der Waals surface area contributed by atoms with E-state index >= 15 is 0 Å². The zero-order valence-corrected chi connectivity index (χ0v) is 26.8. The summed E-state index contributed by atoms with van der Waals surface area (Å²) in [6.45, 7) is -0.637. The third kappa shape index (κ3) is 12.4. The van der Waals surface area contributed by atoms with Crippen molar-refractivity contribution in [2.24, 2.45) is 0 Å². The molecule has 0 aromatic heterocycles. The van der Waals surface area contributed by atoms with Gasteiger partial charge in [0.1, 0.15) is 29.5 Å². The van der Waals surface area contributed by atoms with Crippen molar-refractivity contribution >= 4 is 20.2 Å². The van der Waals surface area contributed by atoms with Crippen molar-refractivity contribution < 1.29 is 53.6 Å². The normalized spacial score (nSPS) is 14.0. The Kier molecular flexibility index (Phi) is 13.4. The number of hydrogen-bond donors (Lipinski definition) is 0. The zero-order chi connectivity index (χ0) is 32.2. The van der Waals surface area contributed by atoms with Gasteiger partial charge in [0.05, 0.1) is 60.3 Å². The highest BCUT2D eigenvalue weighted by Gasteiger charge is 2.37. The molecule has 3 aromatic carbocycles. The van der Waals surface area contributed by atoms with Crippen molar-refractivity contribution in [2.75, 3.05) is 40.4 Å². The lowest BCUT2D eigenvalue weighted by Gasteiger charge is -2.32. The molecule has 0 fully saturated rings. The predicted molar refractivity (Wildman–Crippen MR) is 161 cm³/mol. The lowest BCUT2D eigenvalue weighted by molar-refractivity contribution is -0.214. The van der Waals surface area contributed by atoms with E-state index in [1.165, 1.54) is 7.11 Å². The number of hydrogen-bond acceptors (Lipinski definition) is 12. The second-order valence-corrected chi connectivity index (χ2v) is 12.9. The van der Waals surface area contributed by atoms with Crippen LogP contribution in [0.15, 0.2) is 72.8 Å². The summed E-state index contributed by atoms with van der Waals surface area (Å²) < 4.78 is 93.1. The third-order valence-electron chi connectivity index (χ3n) is 6.15. The molecule has 0 spiro atoms. The summed E-state index contributed by atoms with van der Waals surface area (Å²) >= 11 is 0. The van der Waals surface area contributed by atoms with Gasteiger partial charge in [-0.25, -0.2) is 4.18 Å². The molecular formula is C30H38O12S2. The smallest absolute Gasteiger partial charge is 0.266 e. The lowest BCUT2D eigenvalue weighted by atomic mass is 10.1. The maximum Gasteiger partial charge on any atom is 0.266 e. The molecule has 0 heterocycles. The summed E-state index contributed by atoms with van der Waals surface area (Å²) in [6.07, 6.45) is -2.25. The Morgan fingerprint density at radius 3 is 1.30 bits per heavy atom. The van der Waals surface area contributed by atoms with E-state index in [4.69, 9.17) is 36.8 Å². The van der Waals surface area contributed by atoms with Gasteiger partial charge < -0.3 is 28.4 Å². The standard InChI is InChI=1S/C30H38O12S2/c1-35-25-12-6-22(7-13-25)18-38-28(21-41-43(4,31)32)29(39-19-23-8-14-26(36-2)15-9-23)30(42-44(5,33)34)40-20-24-10-16-27(37-3)17-11-24/h6-17,28-30H,18-21H2,1-5H3/t28-,29+,30-/m1/s1. The molecule has 0 radical (unpaired) electrons. The van der Waals surface area contributed by atoms with E-state index in [-0.39, 0.29) is 19.8 Å². The fourth-order valence-corrected chi connectivity index (χ4v) is 4.77. The first-order chi connectivity index (χ1) is 20.9. The highest BCUT2D eigenvalue weighted by Crippen LogP contribution is 2.23. The molecule has 14 heteroatoms. The van der Waals surface area contributed by atoms with Crippen LogP contribution in [0.1, 0.15) is 16.7 Å². The highest BCUT2D eigenvalue weighted by molar-refractivity contribution is 7.86. The number of ether oxygens (including phenoxy) is 6. The van der Waals surface area contributed by atoms with Gasteiger partial charge in [-0.3, -0.25) is 4.18 Å². The topological polar surface area (TPSA) is 142 Å². The molecule has 3 rings (SSSR count). The van der Waals surface area contributed by atoms with Gasteiger partial charge in [-0.05, 0) is 53.1 Å². The summed E-state index contributed by atoms with van der Waals surface area (Å²) in [5.74, 6) is 1.90. The molecule has 0 aliphatic rings. The van der Waals surface area contributed by atoms with Gasteiger partial charge in [0.15, 0.2) is 0 Å². The van der Waals surface area contributed by atoms with Crippen LogP contribution in [0.5, 0.6) is 17.2 Å². The summed E-state index contributed by atoms with van der Waals surface area (Å²) in [4.78, 5) is 0. The molecule has 44 heavy (non-hydrogen) atoms. The van der Waals surface area contributed by atoms with Gasteiger partial charge in [0.25, 0.3) is 20.2 Å². The van der Waals surface area contributed by atoms with E-state index in [0.717, 1.165) is 18.1 Å². The van der Waals surface area contributed by atoms with Crippen LogP contribution in [0.25, 0.3) is 0 Å². The van der Waals surface area contributed by atoms with E-state index in [2.05, 4.69) is 0 Å². The summed E-state index contributed by atoms with van der Waals surface area (Å²) in [5.41, 5.74) is 2.12. The van der Waals surface area contributed by atoms with E-state index < -0.39 is 45.3 Å². The first-order valence-corrected chi connectivity index (χ1v) is 17.0. The number of rotatable bonds is 19. The minimum absolute atomic E-state index is 0.00570. The van der Waals surface area contributed by atoms with Gasteiger partial charge in [-0.1, -0.05) is 36.4 Å². The SMILES string of the molecule is COc1ccc(CO[C@H](OS(C)(=O)=O)[C@@H](OCc2ccc(OC)cc2)[C@@H](COS(C)(=O)=O)OCc2ccc(OC)cc2)cc1. The molecule has 3 aromatic rings. The number of benzene rings is 3. The van der Waals surface area contributed by atoms with Crippen LogP contribution in [0, 0.1) is 0 Å². The second kappa shape index (κ2) is 16.7. The van der Waals surface area contributed by atoms with Crippen molar-refractivity contribution in [1.82, 2.24) is 0 Å². The van der Waals surface area contributed by atoms with Gasteiger partial charge in [0, 0.05) is 0 Å². The molecular weight excluding hydrogens is 616 g/mol. The van der Waals surface area contributed by atoms with Crippen LogP contribution >= 0.6 is 0 Å². The van der Waals surface area contributed by atoms with E-state index in [9.17, 15) is 16.8 Å². The van der Waals surface area contributed by atoms with E-state index in [1.54, 1.807) is 87.0 Å². The molecule has 0 N–H and O–H groups in total. The molecule has 0 aliphatic heterocycles. The quantitative estimate of drug-likeness (QED) is 0.137. The monoisotopic (exact) mass is 654 g/mol. The Labute approximate surface area is 259 Å². The maximum absolute atomic E-state index is 12.4. The Bertz CT molecular complexity index is 1490. The van der Waals surface area contributed by atoms with Crippen LogP contribution in [0.3, 0.4) is 0 Å². The molecule has 3 atom stereocenters. The molecule has 0 bridgehead atoms. The van der Waals surface area contributed by atoms with Crippen LogP contribution in [0.4, 0.5) is 0 Å². The average Bonchev–Trinajstić information content (AvgIpc) is 3.00. The Morgan fingerprint density at radius 1 is 0.545 bits per heavy atom. The van der Waals surface area contributed by atoms with Crippen molar-refractivity contribution in [2.45, 2.75) is 38.3 Å². The Hall–Kier alpha value is -3.24. The van der Waals surface area contributed by atoms with Crippen LogP contribution in [-0.2, 0) is 62.6 Å². The minimum Gasteiger partial charge on any atom is -0.497 e. The molecule has 0 saturated heterocycles. The average molecular weight is 655 g/mol. The molecule has 12 nitrogen and oxygen atoms in total.